The van der Waals surface area contributed by atoms with E-state index in [1.54, 1.807) is 12.1 Å². The Morgan fingerprint density at radius 1 is 1.15 bits per heavy atom. The Bertz CT molecular complexity index is 644. The van der Waals surface area contributed by atoms with Crippen LogP contribution in [-0.2, 0) is 5.54 Å². The second kappa shape index (κ2) is 4.75. The topological polar surface area (TPSA) is 29.1 Å². The minimum Gasteiger partial charge on any atom is -0.343 e. The highest BCUT2D eigenvalue weighted by atomic mass is 19.1. The normalized spacial score (nSPS) is 15.7. The van der Waals surface area contributed by atoms with Gasteiger partial charge in [0.1, 0.15) is 5.82 Å². The van der Waals surface area contributed by atoms with Crippen molar-refractivity contribution in [2.45, 2.75) is 25.3 Å². The van der Waals surface area contributed by atoms with Crippen molar-refractivity contribution in [3.63, 3.8) is 0 Å². The lowest BCUT2D eigenvalue weighted by molar-refractivity contribution is 0.0930. The zero-order chi connectivity index (χ0) is 14.2. The Labute approximate surface area is 117 Å². The lowest BCUT2D eigenvalue weighted by atomic mass is 10.0. The molecule has 102 valence electrons. The Balaban J connectivity index is 1.80. The van der Waals surface area contributed by atoms with Crippen molar-refractivity contribution in [2.24, 2.45) is 0 Å². The Morgan fingerprint density at radius 3 is 2.45 bits per heavy atom. The molecule has 0 bridgehead atoms. The van der Waals surface area contributed by atoms with Gasteiger partial charge in [0, 0.05) is 5.56 Å². The van der Waals surface area contributed by atoms with Crippen LogP contribution in [0.25, 0.3) is 0 Å². The number of aryl methyl sites for hydroxylation is 1. The van der Waals surface area contributed by atoms with Crippen molar-refractivity contribution in [3.05, 3.63) is 71.0 Å². The first-order valence-corrected chi connectivity index (χ1v) is 6.74. The molecule has 2 aromatic carbocycles. The van der Waals surface area contributed by atoms with Crippen LogP contribution in [0.3, 0.4) is 0 Å². The van der Waals surface area contributed by atoms with E-state index < -0.39 is 0 Å². The van der Waals surface area contributed by atoms with Gasteiger partial charge < -0.3 is 5.32 Å². The van der Waals surface area contributed by atoms with E-state index in [1.165, 1.54) is 12.1 Å². The quantitative estimate of drug-likeness (QED) is 0.907. The van der Waals surface area contributed by atoms with E-state index >= 15 is 0 Å². The molecule has 0 aliphatic heterocycles. The van der Waals surface area contributed by atoms with Crippen LogP contribution in [0.5, 0.6) is 0 Å². The van der Waals surface area contributed by atoms with Gasteiger partial charge in [0.05, 0.1) is 5.54 Å². The molecule has 0 aromatic heterocycles. The van der Waals surface area contributed by atoms with Crippen LogP contribution in [0.4, 0.5) is 4.39 Å². The standard InChI is InChI=1S/C17H16FNO/c1-12-3-2-4-13(11-12)16(20)19-17(9-10-17)14-5-7-15(18)8-6-14/h2-8,11H,9-10H2,1H3,(H,19,20). The summed E-state index contributed by atoms with van der Waals surface area (Å²) in [7, 11) is 0. The average molecular weight is 269 g/mol. The molecule has 1 aliphatic rings. The Morgan fingerprint density at radius 2 is 1.85 bits per heavy atom. The van der Waals surface area contributed by atoms with E-state index in [4.69, 9.17) is 0 Å². The van der Waals surface area contributed by atoms with Crippen LogP contribution >= 0.6 is 0 Å². The van der Waals surface area contributed by atoms with Gasteiger partial charge in [-0.3, -0.25) is 4.79 Å². The Hall–Kier alpha value is -2.16. The van der Waals surface area contributed by atoms with Gasteiger partial charge in [-0.2, -0.15) is 0 Å². The van der Waals surface area contributed by atoms with Crippen molar-refractivity contribution < 1.29 is 9.18 Å². The van der Waals surface area contributed by atoms with Gasteiger partial charge in [-0.15, -0.1) is 0 Å². The summed E-state index contributed by atoms with van der Waals surface area (Å²) < 4.78 is 13.0. The smallest absolute Gasteiger partial charge is 0.251 e. The van der Waals surface area contributed by atoms with Crippen molar-refractivity contribution >= 4 is 5.91 Å². The van der Waals surface area contributed by atoms with E-state index in [2.05, 4.69) is 5.32 Å². The molecule has 0 saturated heterocycles. The Kier molecular flexibility index (Phi) is 3.05. The minimum absolute atomic E-state index is 0.0736. The fraction of sp³-hybridized carbons (Fsp3) is 0.235. The SMILES string of the molecule is Cc1cccc(C(=O)NC2(c3ccc(F)cc3)CC2)c1. The summed E-state index contributed by atoms with van der Waals surface area (Å²) in [6.45, 7) is 1.96. The van der Waals surface area contributed by atoms with Gasteiger partial charge in [0.2, 0.25) is 0 Å². The maximum atomic E-state index is 13.0. The fourth-order valence-corrected chi connectivity index (χ4v) is 2.46. The zero-order valence-electron chi connectivity index (χ0n) is 11.3. The van der Waals surface area contributed by atoms with E-state index in [-0.39, 0.29) is 17.3 Å². The second-order valence-electron chi connectivity index (χ2n) is 5.41. The van der Waals surface area contributed by atoms with Gasteiger partial charge in [-0.1, -0.05) is 29.8 Å². The molecule has 0 atom stereocenters. The average Bonchev–Trinajstić information content (AvgIpc) is 3.20. The van der Waals surface area contributed by atoms with Crippen molar-refractivity contribution in [2.75, 3.05) is 0 Å². The molecule has 1 amide bonds. The third kappa shape index (κ3) is 2.44. The maximum Gasteiger partial charge on any atom is 0.251 e. The molecule has 0 heterocycles. The predicted molar refractivity (Wildman–Crippen MR) is 76.0 cm³/mol. The highest BCUT2D eigenvalue weighted by Gasteiger charge is 2.45. The van der Waals surface area contributed by atoms with Crippen LogP contribution in [0.1, 0.15) is 34.3 Å². The van der Waals surface area contributed by atoms with Gasteiger partial charge >= 0.3 is 0 Å². The highest BCUT2D eigenvalue weighted by molar-refractivity contribution is 5.95. The first-order chi connectivity index (χ1) is 9.59. The molecule has 3 heteroatoms. The molecular formula is C17H16FNO. The molecule has 1 aliphatic carbocycles. The van der Waals surface area contributed by atoms with Crippen LogP contribution in [0.2, 0.25) is 0 Å². The summed E-state index contributed by atoms with van der Waals surface area (Å²) in [4.78, 5) is 12.3. The number of benzene rings is 2. The highest BCUT2D eigenvalue weighted by Crippen LogP contribution is 2.45. The van der Waals surface area contributed by atoms with E-state index in [0.717, 1.165) is 24.0 Å². The summed E-state index contributed by atoms with van der Waals surface area (Å²) in [5.41, 5.74) is 2.39. The number of hydrogen-bond donors (Lipinski definition) is 1. The first-order valence-electron chi connectivity index (χ1n) is 6.74. The number of rotatable bonds is 3. The zero-order valence-corrected chi connectivity index (χ0v) is 11.3. The lowest BCUT2D eigenvalue weighted by Crippen LogP contribution is -2.34. The molecule has 2 nitrogen and oxygen atoms in total. The maximum absolute atomic E-state index is 13.0. The van der Waals surface area contributed by atoms with Crippen LogP contribution in [0, 0.1) is 12.7 Å². The summed E-state index contributed by atoms with van der Waals surface area (Å²) in [6.07, 6.45) is 1.80. The van der Waals surface area contributed by atoms with Gasteiger partial charge in [-0.05, 0) is 49.6 Å². The number of hydrogen-bond acceptors (Lipinski definition) is 1. The first kappa shape index (κ1) is 12.9. The number of amides is 1. The molecular weight excluding hydrogens is 253 g/mol. The van der Waals surface area contributed by atoms with E-state index in [9.17, 15) is 9.18 Å². The minimum atomic E-state index is -0.311. The fourth-order valence-electron chi connectivity index (χ4n) is 2.46. The molecule has 1 saturated carbocycles. The van der Waals surface area contributed by atoms with Crippen LogP contribution in [-0.4, -0.2) is 5.91 Å². The van der Waals surface area contributed by atoms with E-state index in [0.29, 0.717) is 5.56 Å². The molecule has 0 unspecified atom stereocenters. The van der Waals surface area contributed by atoms with Crippen LogP contribution in [0.15, 0.2) is 48.5 Å². The molecule has 3 rings (SSSR count). The number of halogens is 1. The number of carbonyl (C=O) groups excluding carboxylic acids is 1. The summed E-state index contributed by atoms with van der Waals surface area (Å²) >= 11 is 0. The van der Waals surface area contributed by atoms with Gasteiger partial charge in [0.15, 0.2) is 0 Å². The molecule has 2 aromatic rings. The molecule has 0 radical (unpaired) electrons. The number of nitrogens with one attached hydrogen (secondary N) is 1. The van der Waals surface area contributed by atoms with Gasteiger partial charge in [-0.25, -0.2) is 4.39 Å². The molecule has 1 N–H and O–H groups in total. The summed E-state index contributed by atoms with van der Waals surface area (Å²) in [5.74, 6) is -0.329. The van der Waals surface area contributed by atoms with Crippen molar-refractivity contribution in [1.29, 1.82) is 0 Å². The summed E-state index contributed by atoms with van der Waals surface area (Å²) in [5, 5.41) is 3.09. The molecule has 0 spiro atoms. The monoisotopic (exact) mass is 269 g/mol. The van der Waals surface area contributed by atoms with E-state index in [1.807, 2.05) is 31.2 Å². The largest absolute Gasteiger partial charge is 0.343 e. The summed E-state index contributed by atoms with van der Waals surface area (Å²) in [6, 6.07) is 13.9. The third-order valence-electron chi connectivity index (χ3n) is 3.78. The molecule has 20 heavy (non-hydrogen) atoms. The van der Waals surface area contributed by atoms with Crippen molar-refractivity contribution in [1.82, 2.24) is 5.32 Å². The predicted octanol–water partition coefficient (Wildman–Crippen LogP) is 3.55. The molecule has 1 fully saturated rings. The third-order valence-corrected chi connectivity index (χ3v) is 3.78. The van der Waals surface area contributed by atoms with Crippen LogP contribution < -0.4 is 5.32 Å². The second-order valence-corrected chi connectivity index (χ2v) is 5.41. The lowest BCUT2D eigenvalue weighted by Gasteiger charge is -2.18. The van der Waals surface area contributed by atoms with Gasteiger partial charge in [0.25, 0.3) is 5.91 Å². The number of carbonyl (C=O) groups is 1. The van der Waals surface area contributed by atoms with Crippen molar-refractivity contribution in [3.8, 4) is 0 Å².